The van der Waals surface area contributed by atoms with Crippen molar-refractivity contribution in [3.63, 3.8) is 0 Å². The van der Waals surface area contributed by atoms with Gasteiger partial charge in [-0.15, -0.1) is 0 Å². The molecule has 6 heteroatoms. The van der Waals surface area contributed by atoms with E-state index in [1.54, 1.807) is 0 Å². The van der Waals surface area contributed by atoms with Gasteiger partial charge in [0.1, 0.15) is 0 Å². The summed E-state index contributed by atoms with van der Waals surface area (Å²) in [5.41, 5.74) is -0.343. The van der Waals surface area contributed by atoms with Gasteiger partial charge >= 0.3 is 6.03 Å². The van der Waals surface area contributed by atoms with E-state index in [0.717, 1.165) is 12.8 Å². The summed E-state index contributed by atoms with van der Waals surface area (Å²) in [5, 5.41) is 8.72. The van der Waals surface area contributed by atoms with Crippen molar-refractivity contribution in [2.24, 2.45) is 0 Å². The summed E-state index contributed by atoms with van der Waals surface area (Å²) in [7, 11) is 1.97. The van der Waals surface area contributed by atoms with Crippen LogP contribution < -0.4 is 16.0 Å². The van der Waals surface area contributed by atoms with Gasteiger partial charge in [0.05, 0.1) is 6.54 Å². The van der Waals surface area contributed by atoms with Gasteiger partial charge in [-0.25, -0.2) is 4.79 Å². The minimum atomic E-state index is -0.425. The highest BCUT2D eigenvalue weighted by molar-refractivity contribution is 5.95. The Kier molecular flexibility index (Phi) is 4.88. The lowest BCUT2D eigenvalue weighted by atomic mass is 9.98. The molecule has 2 heterocycles. The first-order valence-electron chi connectivity index (χ1n) is 7.81. The molecule has 0 radical (unpaired) electrons. The number of nitrogens with zero attached hydrogens (tertiary/aromatic N) is 1. The Bertz CT molecular complexity index is 393. The minimum absolute atomic E-state index is 0.245. The maximum atomic E-state index is 11.9. The van der Waals surface area contributed by atoms with Crippen molar-refractivity contribution in [1.29, 1.82) is 0 Å². The van der Waals surface area contributed by atoms with Crippen molar-refractivity contribution >= 4 is 11.9 Å². The molecule has 6 nitrogen and oxygen atoms in total. The lowest BCUT2D eigenvalue weighted by Gasteiger charge is -2.35. The van der Waals surface area contributed by atoms with Gasteiger partial charge in [0.2, 0.25) is 5.91 Å². The molecule has 21 heavy (non-hydrogen) atoms. The number of hydrogen-bond acceptors (Lipinski definition) is 4. The zero-order chi connectivity index (χ0) is 15.6. The standard InChI is InChI=1S/C15H28N4O2/c1-15(2,3)18-14(21)17-13(20)9-19(4)12-7-10-5-6-11(8-12)16-10/h10-12,16H,5-9H2,1-4H3,(H2,17,18,20,21). The molecular weight excluding hydrogens is 268 g/mol. The first-order valence-corrected chi connectivity index (χ1v) is 7.81. The normalized spacial score (nSPS) is 28.5. The molecule has 2 fully saturated rings. The molecule has 0 aromatic rings. The van der Waals surface area contributed by atoms with Crippen LogP contribution in [0.2, 0.25) is 0 Å². The topological polar surface area (TPSA) is 73.5 Å². The fourth-order valence-electron chi connectivity index (χ4n) is 3.28. The van der Waals surface area contributed by atoms with E-state index in [1.807, 2.05) is 27.8 Å². The van der Waals surface area contributed by atoms with E-state index in [-0.39, 0.29) is 18.0 Å². The van der Waals surface area contributed by atoms with Gasteiger partial charge in [-0.05, 0) is 53.5 Å². The summed E-state index contributed by atoms with van der Waals surface area (Å²) in [6, 6.07) is 1.21. The third-order valence-corrected chi connectivity index (χ3v) is 4.21. The maximum absolute atomic E-state index is 11.9. The van der Waals surface area contributed by atoms with Crippen molar-refractivity contribution in [3.8, 4) is 0 Å². The molecule has 3 N–H and O–H groups in total. The number of likely N-dealkylation sites (N-methyl/N-ethyl adjacent to an activating group) is 1. The van der Waals surface area contributed by atoms with Gasteiger partial charge in [0.25, 0.3) is 0 Å². The van der Waals surface area contributed by atoms with Crippen molar-refractivity contribution in [3.05, 3.63) is 0 Å². The average Bonchev–Trinajstić information content (AvgIpc) is 2.65. The summed E-state index contributed by atoms with van der Waals surface area (Å²) in [4.78, 5) is 25.7. The quantitative estimate of drug-likeness (QED) is 0.721. The second-order valence-electron chi connectivity index (χ2n) is 7.43. The van der Waals surface area contributed by atoms with Crippen molar-refractivity contribution in [2.45, 2.75) is 70.1 Å². The van der Waals surface area contributed by atoms with Crippen molar-refractivity contribution < 1.29 is 9.59 Å². The van der Waals surface area contributed by atoms with Gasteiger partial charge in [-0.1, -0.05) is 0 Å². The van der Waals surface area contributed by atoms with E-state index < -0.39 is 6.03 Å². The number of piperidine rings is 1. The molecule has 0 aliphatic carbocycles. The summed E-state index contributed by atoms with van der Waals surface area (Å²) < 4.78 is 0. The van der Waals surface area contributed by atoms with E-state index in [2.05, 4.69) is 20.9 Å². The predicted molar refractivity (Wildman–Crippen MR) is 82.0 cm³/mol. The summed E-state index contributed by atoms with van der Waals surface area (Å²) in [5.74, 6) is -0.245. The molecule has 0 spiro atoms. The lowest BCUT2D eigenvalue weighted by molar-refractivity contribution is -0.121. The number of hydrogen-bond donors (Lipinski definition) is 3. The minimum Gasteiger partial charge on any atom is -0.333 e. The molecule has 2 atom stereocenters. The molecule has 2 rings (SSSR count). The van der Waals surface area contributed by atoms with Crippen LogP contribution in [0, 0.1) is 0 Å². The Labute approximate surface area is 127 Å². The molecule has 0 saturated carbocycles. The third-order valence-electron chi connectivity index (χ3n) is 4.21. The number of urea groups is 1. The molecule has 2 saturated heterocycles. The molecule has 2 aliphatic rings. The molecule has 2 bridgehead atoms. The van der Waals surface area contributed by atoms with Gasteiger partial charge in [-0.2, -0.15) is 0 Å². The Balaban J connectivity index is 1.76. The first-order chi connectivity index (χ1) is 9.73. The summed E-state index contributed by atoms with van der Waals surface area (Å²) >= 11 is 0. The molecular formula is C15H28N4O2. The molecule has 0 aromatic carbocycles. The van der Waals surface area contributed by atoms with Crippen LogP contribution >= 0.6 is 0 Å². The second-order valence-corrected chi connectivity index (χ2v) is 7.43. The maximum Gasteiger partial charge on any atom is 0.321 e. The molecule has 2 aliphatic heterocycles. The van der Waals surface area contributed by atoms with E-state index in [0.29, 0.717) is 18.1 Å². The second kappa shape index (κ2) is 6.32. The molecule has 0 aromatic heterocycles. The van der Waals surface area contributed by atoms with Gasteiger partial charge in [-0.3, -0.25) is 15.0 Å². The highest BCUT2D eigenvalue weighted by Gasteiger charge is 2.35. The van der Waals surface area contributed by atoms with Gasteiger partial charge in [0.15, 0.2) is 0 Å². The average molecular weight is 296 g/mol. The fraction of sp³-hybridized carbons (Fsp3) is 0.867. The van der Waals surface area contributed by atoms with E-state index in [1.165, 1.54) is 12.8 Å². The largest absolute Gasteiger partial charge is 0.333 e. The van der Waals surface area contributed by atoms with Gasteiger partial charge < -0.3 is 10.6 Å². The van der Waals surface area contributed by atoms with Crippen LogP contribution in [0.25, 0.3) is 0 Å². The van der Waals surface area contributed by atoms with E-state index in [4.69, 9.17) is 0 Å². The van der Waals surface area contributed by atoms with E-state index >= 15 is 0 Å². The smallest absolute Gasteiger partial charge is 0.321 e. The monoisotopic (exact) mass is 296 g/mol. The number of fused-ring (bicyclic) bond motifs is 2. The van der Waals surface area contributed by atoms with Crippen LogP contribution in [0.1, 0.15) is 46.5 Å². The zero-order valence-electron chi connectivity index (χ0n) is 13.5. The highest BCUT2D eigenvalue weighted by atomic mass is 16.2. The summed E-state index contributed by atoms with van der Waals surface area (Å²) in [6.07, 6.45) is 4.67. The van der Waals surface area contributed by atoms with Crippen LogP contribution in [0.15, 0.2) is 0 Å². The Morgan fingerprint density at radius 1 is 1.19 bits per heavy atom. The number of carbonyl (C=O) groups excluding carboxylic acids is 2. The Morgan fingerprint density at radius 3 is 2.29 bits per heavy atom. The van der Waals surface area contributed by atoms with Gasteiger partial charge in [0, 0.05) is 23.7 Å². The molecule has 2 unspecified atom stereocenters. The zero-order valence-corrected chi connectivity index (χ0v) is 13.5. The van der Waals surface area contributed by atoms with Crippen LogP contribution in [0.3, 0.4) is 0 Å². The Morgan fingerprint density at radius 2 is 1.76 bits per heavy atom. The van der Waals surface area contributed by atoms with Crippen LogP contribution in [-0.4, -0.2) is 54.1 Å². The predicted octanol–water partition coefficient (Wildman–Crippen LogP) is 0.826. The van der Waals surface area contributed by atoms with Crippen LogP contribution in [-0.2, 0) is 4.79 Å². The number of amides is 3. The van der Waals surface area contributed by atoms with Crippen molar-refractivity contribution in [2.75, 3.05) is 13.6 Å². The molecule has 3 amide bonds. The van der Waals surface area contributed by atoms with Crippen LogP contribution in [0.5, 0.6) is 0 Å². The van der Waals surface area contributed by atoms with E-state index in [9.17, 15) is 9.59 Å². The number of nitrogens with one attached hydrogen (secondary N) is 3. The number of imide groups is 1. The summed E-state index contributed by atoms with van der Waals surface area (Å²) in [6.45, 7) is 5.91. The van der Waals surface area contributed by atoms with Crippen molar-refractivity contribution in [1.82, 2.24) is 20.9 Å². The van der Waals surface area contributed by atoms with Crippen LogP contribution in [0.4, 0.5) is 4.79 Å². The first kappa shape index (κ1) is 16.2. The number of rotatable bonds is 3. The molecule has 120 valence electrons. The SMILES string of the molecule is CN(CC(=O)NC(=O)NC(C)(C)C)C1CC2CCC(C1)N2. The third kappa shape index (κ3) is 4.97. The number of carbonyl (C=O) groups is 2. The highest BCUT2D eigenvalue weighted by Crippen LogP contribution is 2.29. The lowest BCUT2D eigenvalue weighted by Crippen LogP contribution is -2.52. The fourth-order valence-corrected chi connectivity index (χ4v) is 3.28. The Hall–Kier alpha value is -1.14.